The maximum atomic E-state index is 12.5. The van der Waals surface area contributed by atoms with Gasteiger partial charge in [-0.1, -0.05) is 12.1 Å². The van der Waals surface area contributed by atoms with Gasteiger partial charge in [-0.2, -0.15) is 3.89 Å². The zero-order chi connectivity index (χ0) is 13.1. The summed E-state index contributed by atoms with van der Waals surface area (Å²) in [6.45, 7) is 3.75. The highest BCUT2D eigenvalue weighted by molar-refractivity contribution is 7.94. The molecule has 0 amide bonds. The van der Waals surface area contributed by atoms with Crippen LogP contribution in [0.3, 0.4) is 0 Å². The van der Waals surface area contributed by atoms with Gasteiger partial charge in [-0.15, -0.1) is 6.58 Å². The van der Waals surface area contributed by atoms with Crippen molar-refractivity contribution in [3.63, 3.8) is 0 Å². The van der Waals surface area contributed by atoms with Crippen molar-refractivity contribution in [2.24, 2.45) is 0 Å². The lowest BCUT2D eigenvalue weighted by Gasteiger charge is -2.26. The Morgan fingerprint density at radius 3 is 2.72 bits per heavy atom. The van der Waals surface area contributed by atoms with E-state index in [-0.39, 0.29) is 6.17 Å². The van der Waals surface area contributed by atoms with Crippen LogP contribution in [0.15, 0.2) is 30.9 Å². The number of fused-ring (bicyclic) bond motifs is 1. The van der Waals surface area contributed by atoms with Crippen LogP contribution in [-0.2, 0) is 6.42 Å². The molecule has 0 spiro atoms. The van der Waals surface area contributed by atoms with E-state index in [9.17, 15) is 3.89 Å². The van der Waals surface area contributed by atoms with Gasteiger partial charge < -0.3 is 9.80 Å². The molecule has 1 aliphatic heterocycles. The van der Waals surface area contributed by atoms with Gasteiger partial charge in [-0.25, -0.2) is 0 Å². The lowest BCUT2D eigenvalue weighted by Crippen LogP contribution is -2.40. The molecule has 2 rings (SSSR count). The van der Waals surface area contributed by atoms with Gasteiger partial charge in [-0.3, -0.25) is 0 Å². The van der Waals surface area contributed by atoms with Crippen molar-refractivity contribution in [2.45, 2.75) is 19.0 Å². The largest absolute Gasteiger partial charge is 0.352 e. The second-order valence-electron chi connectivity index (χ2n) is 4.63. The molecule has 0 aliphatic carbocycles. The molecule has 1 aromatic carbocycles. The molecule has 1 aliphatic rings. The summed E-state index contributed by atoms with van der Waals surface area (Å²) in [5, 5.41) is 0. The summed E-state index contributed by atoms with van der Waals surface area (Å²) in [5.74, 6) is 0.462. The third-order valence-corrected chi connectivity index (χ3v) is 3.97. The normalized spacial score (nSPS) is 18.1. The standard InChI is InChI=1S/C14H19FN2S/c1-4-5-6-11-7-8-12-13(9-11)17(3)14(10-18-15)16(12)2/h4,7-9,14H,1,5-6,10H2,2-3H3. The molecular weight excluding hydrogens is 247 g/mol. The lowest BCUT2D eigenvalue weighted by molar-refractivity contribution is 0.712. The molecular formula is C14H19FN2S. The maximum absolute atomic E-state index is 12.5. The first-order valence-electron chi connectivity index (χ1n) is 6.12. The fourth-order valence-corrected chi connectivity index (χ4v) is 2.99. The van der Waals surface area contributed by atoms with Gasteiger partial charge in [0.1, 0.15) is 6.17 Å². The van der Waals surface area contributed by atoms with E-state index in [4.69, 9.17) is 0 Å². The number of aryl methyl sites for hydroxylation is 1. The smallest absolute Gasteiger partial charge is 0.113 e. The fraction of sp³-hybridized carbons (Fsp3) is 0.429. The minimum absolute atomic E-state index is 0.102. The van der Waals surface area contributed by atoms with Gasteiger partial charge in [0.2, 0.25) is 0 Å². The number of halogens is 1. The van der Waals surface area contributed by atoms with E-state index in [2.05, 4.69) is 34.6 Å². The number of rotatable bonds is 5. The maximum Gasteiger partial charge on any atom is 0.113 e. The third-order valence-electron chi connectivity index (χ3n) is 3.54. The van der Waals surface area contributed by atoms with Gasteiger partial charge in [0.25, 0.3) is 0 Å². The van der Waals surface area contributed by atoms with Crippen LogP contribution in [0.2, 0.25) is 0 Å². The Morgan fingerprint density at radius 1 is 1.33 bits per heavy atom. The number of anilines is 2. The van der Waals surface area contributed by atoms with E-state index in [1.165, 1.54) is 16.9 Å². The number of hydrogen-bond donors (Lipinski definition) is 0. The zero-order valence-corrected chi connectivity index (χ0v) is 11.7. The first kappa shape index (κ1) is 13.3. The topological polar surface area (TPSA) is 6.48 Å². The molecule has 1 aromatic rings. The summed E-state index contributed by atoms with van der Waals surface area (Å²) in [6.07, 6.45) is 4.04. The first-order chi connectivity index (χ1) is 8.69. The van der Waals surface area contributed by atoms with Crippen molar-refractivity contribution >= 4 is 23.5 Å². The number of nitrogens with zero attached hydrogens (tertiary/aromatic N) is 2. The number of benzene rings is 1. The lowest BCUT2D eigenvalue weighted by atomic mass is 10.1. The molecule has 0 aromatic heterocycles. The van der Waals surface area contributed by atoms with Crippen molar-refractivity contribution in [1.29, 1.82) is 0 Å². The summed E-state index contributed by atoms with van der Waals surface area (Å²) in [7, 11) is 4.05. The Morgan fingerprint density at radius 2 is 2.06 bits per heavy atom. The Hall–Kier alpha value is -1.16. The Kier molecular flexibility index (Phi) is 4.17. The molecule has 1 unspecified atom stereocenters. The van der Waals surface area contributed by atoms with Crippen LogP contribution < -0.4 is 9.80 Å². The SMILES string of the molecule is C=CCCc1ccc2c(c1)N(C)C(CSF)N2C. The van der Waals surface area contributed by atoms with Gasteiger partial charge >= 0.3 is 0 Å². The van der Waals surface area contributed by atoms with E-state index >= 15 is 0 Å². The summed E-state index contributed by atoms with van der Waals surface area (Å²) in [4.78, 5) is 4.29. The molecule has 0 fully saturated rings. The Labute approximate surface area is 113 Å². The van der Waals surface area contributed by atoms with Gasteiger partial charge in [0.15, 0.2) is 0 Å². The minimum atomic E-state index is 0.102. The van der Waals surface area contributed by atoms with Gasteiger partial charge in [0, 0.05) is 26.2 Å². The van der Waals surface area contributed by atoms with Crippen molar-refractivity contribution in [3.8, 4) is 0 Å². The van der Waals surface area contributed by atoms with Gasteiger partial charge in [0.05, 0.1) is 17.1 Å². The quantitative estimate of drug-likeness (QED) is 0.751. The fourth-order valence-electron chi connectivity index (χ4n) is 2.43. The molecule has 0 saturated heterocycles. The van der Waals surface area contributed by atoms with Crippen LogP contribution in [0.1, 0.15) is 12.0 Å². The predicted octanol–water partition coefficient (Wildman–Crippen LogP) is 3.64. The molecule has 18 heavy (non-hydrogen) atoms. The highest BCUT2D eigenvalue weighted by atomic mass is 32.2. The van der Waals surface area contributed by atoms with Crippen molar-refractivity contribution < 1.29 is 3.89 Å². The van der Waals surface area contributed by atoms with E-state index in [0.717, 1.165) is 12.8 Å². The highest BCUT2D eigenvalue weighted by Gasteiger charge is 2.31. The molecule has 0 saturated carbocycles. The molecule has 98 valence electrons. The van der Waals surface area contributed by atoms with Crippen LogP contribution in [0.5, 0.6) is 0 Å². The van der Waals surface area contributed by atoms with Crippen LogP contribution in [0.25, 0.3) is 0 Å². The Balaban J connectivity index is 2.24. The van der Waals surface area contributed by atoms with Crippen LogP contribution in [0, 0.1) is 0 Å². The summed E-state index contributed by atoms with van der Waals surface area (Å²) in [5.41, 5.74) is 3.68. The summed E-state index contributed by atoms with van der Waals surface area (Å²) < 4.78 is 12.5. The average molecular weight is 266 g/mol. The van der Waals surface area contributed by atoms with Crippen LogP contribution >= 0.6 is 12.1 Å². The third kappa shape index (κ3) is 2.34. The van der Waals surface area contributed by atoms with Crippen molar-refractivity contribution in [2.75, 3.05) is 29.6 Å². The molecule has 4 heteroatoms. The second kappa shape index (κ2) is 5.65. The monoisotopic (exact) mass is 266 g/mol. The first-order valence-corrected chi connectivity index (χ1v) is 7.00. The highest BCUT2D eigenvalue weighted by Crippen LogP contribution is 2.39. The van der Waals surface area contributed by atoms with Gasteiger partial charge in [-0.05, 0) is 30.5 Å². The van der Waals surface area contributed by atoms with E-state index in [1.54, 1.807) is 0 Å². The summed E-state index contributed by atoms with van der Waals surface area (Å²) >= 11 is 0.398. The molecule has 0 N–H and O–H groups in total. The van der Waals surface area contributed by atoms with Crippen molar-refractivity contribution in [3.05, 3.63) is 36.4 Å². The summed E-state index contributed by atoms with van der Waals surface area (Å²) in [6, 6.07) is 6.49. The van der Waals surface area contributed by atoms with Crippen molar-refractivity contribution in [1.82, 2.24) is 0 Å². The average Bonchev–Trinajstić information content (AvgIpc) is 2.62. The molecule has 0 bridgehead atoms. The zero-order valence-electron chi connectivity index (χ0n) is 10.9. The second-order valence-corrected chi connectivity index (χ2v) is 5.18. The molecule has 1 heterocycles. The number of allylic oxidation sites excluding steroid dienone is 1. The molecule has 0 radical (unpaired) electrons. The van der Waals surface area contributed by atoms with Crippen LogP contribution in [-0.4, -0.2) is 26.0 Å². The number of hydrogen-bond acceptors (Lipinski definition) is 3. The van der Waals surface area contributed by atoms with E-state index in [0.29, 0.717) is 17.9 Å². The molecule has 1 atom stereocenters. The molecule has 2 nitrogen and oxygen atoms in total. The Bertz CT molecular complexity index is 436. The minimum Gasteiger partial charge on any atom is -0.352 e. The van der Waals surface area contributed by atoms with Crippen LogP contribution in [0.4, 0.5) is 15.3 Å². The van der Waals surface area contributed by atoms with E-state index in [1.807, 2.05) is 20.2 Å². The predicted molar refractivity (Wildman–Crippen MR) is 79.1 cm³/mol. The van der Waals surface area contributed by atoms with E-state index < -0.39 is 0 Å².